The fourth-order valence-corrected chi connectivity index (χ4v) is 2.75. The third-order valence-electron chi connectivity index (χ3n) is 3.03. The van der Waals surface area contributed by atoms with E-state index in [4.69, 9.17) is 4.74 Å². The fraction of sp³-hybridized carbons (Fsp3) is 0.467. The summed E-state index contributed by atoms with van der Waals surface area (Å²) < 4.78 is 5.72. The van der Waals surface area contributed by atoms with Crippen molar-refractivity contribution in [3.8, 4) is 5.88 Å². The highest BCUT2D eigenvalue weighted by Gasteiger charge is 2.05. The summed E-state index contributed by atoms with van der Waals surface area (Å²) in [6.45, 7) is 4.72. The van der Waals surface area contributed by atoms with Gasteiger partial charge in [-0.2, -0.15) is 0 Å². The Kier molecular flexibility index (Phi) is 5.49. The number of nitrogens with zero attached hydrogens (tertiary/aromatic N) is 2. The van der Waals surface area contributed by atoms with Gasteiger partial charge in [0.1, 0.15) is 0 Å². The lowest BCUT2D eigenvalue weighted by molar-refractivity contribution is 0.277. The molecule has 5 heteroatoms. The second kappa shape index (κ2) is 7.36. The zero-order chi connectivity index (χ0) is 14.4. The minimum atomic E-state index is 0.0174. The normalized spacial score (nSPS) is 10.8. The molecule has 0 unspecified atom stereocenters. The van der Waals surface area contributed by atoms with Crippen molar-refractivity contribution in [1.82, 2.24) is 9.97 Å². The second-order valence-electron chi connectivity index (χ2n) is 4.67. The van der Waals surface area contributed by atoms with E-state index in [1.807, 2.05) is 18.5 Å². The smallest absolute Gasteiger partial charge is 0.213 e. The van der Waals surface area contributed by atoms with E-state index < -0.39 is 0 Å². The molecule has 0 spiro atoms. The zero-order valence-corrected chi connectivity index (χ0v) is 12.7. The van der Waals surface area contributed by atoms with E-state index >= 15 is 0 Å². The number of hydrogen-bond donors (Lipinski definition) is 1. The van der Waals surface area contributed by atoms with Crippen molar-refractivity contribution in [3.05, 3.63) is 39.5 Å². The predicted molar refractivity (Wildman–Crippen MR) is 80.2 cm³/mol. The van der Waals surface area contributed by atoms with Crippen molar-refractivity contribution in [2.24, 2.45) is 0 Å². The van der Waals surface area contributed by atoms with Crippen LogP contribution in [0.2, 0.25) is 0 Å². The molecule has 0 fully saturated rings. The first-order chi connectivity index (χ1) is 9.72. The number of thiazole rings is 1. The number of pyridine rings is 1. The Hall–Kier alpha value is -1.46. The summed E-state index contributed by atoms with van der Waals surface area (Å²) in [7, 11) is 0. The molecule has 0 aliphatic rings. The summed E-state index contributed by atoms with van der Waals surface area (Å²) in [5.74, 6) is 0.599. The molecular weight excluding hydrogens is 272 g/mol. The van der Waals surface area contributed by atoms with Gasteiger partial charge in [0.2, 0.25) is 5.88 Å². The molecule has 2 rings (SSSR count). The van der Waals surface area contributed by atoms with E-state index in [-0.39, 0.29) is 6.61 Å². The third kappa shape index (κ3) is 4.02. The van der Waals surface area contributed by atoms with Crippen LogP contribution in [0.15, 0.2) is 17.6 Å². The van der Waals surface area contributed by atoms with Gasteiger partial charge >= 0.3 is 0 Å². The SMILES string of the molecule is CCCc1cc(CO)cc(OCCc2scnc2C)n1. The van der Waals surface area contributed by atoms with E-state index in [0.717, 1.165) is 36.2 Å². The van der Waals surface area contributed by atoms with Crippen molar-refractivity contribution in [2.45, 2.75) is 39.7 Å². The molecule has 0 aromatic carbocycles. The van der Waals surface area contributed by atoms with Gasteiger partial charge in [0.25, 0.3) is 0 Å². The molecular formula is C15H20N2O2S. The van der Waals surface area contributed by atoms with Crippen LogP contribution in [0.3, 0.4) is 0 Å². The minimum Gasteiger partial charge on any atom is -0.477 e. The Bertz CT molecular complexity index is 555. The first-order valence-corrected chi connectivity index (χ1v) is 7.73. The monoisotopic (exact) mass is 292 g/mol. The molecule has 0 amide bonds. The Balaban J connectivity index is 1.97. The lowest BCUT2D eigenvalue weighted by Crippen LogP contribution is -2.05. The molecule has 108 valence electrons. The van der Waals surface area contributed by atoms with Crippen LogP contribution >= 0.6 is 11.3 Å². The first kappa shape index (κ1) is 14.9. The summed E-state index contributed by atoms with van der Waals surface area (Å²) >= 11 is 1.65. The quantitative estimate of drug-likeness (QED) is 0.852. The van der Waals surface area contributed by atoms with E-state index in [1.54, 1.807) is 17.4 Å². The van der Waals surface area contributed by atoms with Crippen molar-refractivity contribution >= 4 is 11.3 Å². The fourth-order valence-electron chi connectivity index (χ4n) is 1.98. The van der Waals surface area contributed by atoms with E-state index in [0.29, 0.717) is 12.5 Å². The van der Waals surface area contributed by atoms with Gasteiger partial charge in [0, 0.05) is 23.1 Å². The Morgan fingerprint density at radius 1 is 1.30 bits per heavy atom. The van der Waals surface area contributed by atoms with Gasteiger partial charge in [-0.05, 0) is 25.0 Å². The maximum absolute atomic E-state index is 9.28. The topological polar surface area (TPSA) is 55.2 Å². The van der Waals surface area contributed by atoms with Crippen molar-refractivity contribution in [2.75, 3.05) is 6.61 Å². The molecule has 0 saturated carbocycles. The Morgan fingerprint density at radius 2 is 2.15 bits per heavy atom. The molecule has 2 heterocycles. The molecule has 0 bridgehead atoms. The van der Waals surface area contributed by atoms with Crippen LogP contribution < -0.4 is 4.74 Å². The van der Waals surface area contributed by atoms with Crippen molar-refractivity contribution < 1.29 is 9.84 Å². The zero-order valence-electron chi connectivity index (χ0n) is 11.9. The van der Waals surface area contributed by atoms with Crippen LogP contribution in [0.1, 0.15) is 35.2 Å². The molecule has 2 aromatic rings. The molecule has 0 aliphatic heterocycles. The lowest BCUT2D eigenvalue weighted by Gasteiger charge is -2.09. The van der Waals surface area contributed by atoms with Crippen LogP contribution in [-0.2, 0) is 19.4 Å². The molecule has 0 saturated heterocycles. The minimum absolute atomic E-state index is 0.0174. The summed E-state index contributed by atoms with van der Waals surface area (Å²) in [4.78, 5) is 9.94. The second-order valence-corrected chi connectivity index (χ2v) is 5.61. The van der Waals surface area contributed by atoms with Crippen LogP contribution in [0.25, 0.3) is 0 Å². The van der Waals surface area contributed by atoms with Crippen molar-refractivity contribution in [3.63, 3.8) is 0 Å². The van der Waals surface area contributed by atoms with E-state index in [2.05, 4.69) is 16.9 Å². The summed E-state index contributed by atoms with van der Waals surface area (Å²) in [6, 6.07) is 3.74. The average Bonchev–Trinajstić information content (AvgIpc) is 2.84. The van der Waals surface area contributed by atoms with Gasteiger partial charge in [-0.1, -0.05) is 13.3 Å². The summed E-state index contributed by atoms with van der Waals surface area (Å²) in [5, 5.41) is 9.28. The number of rotatable bonds is 7. The molecule has 0 atom stereocenters. The van der Waals surface area contributed by atoms with Gasteiger partial charge in [-0.3, -0.25) is 0 Å². The Morgan fingerprint density at radius 3 is 2.80 bits per heavy atom. The number of ether oxygens (including phenoxy) is 1. The average molecular weight is 292 g/mol. The summed E-state index contributed by atoms with van der Waals surface area (Å²) in [5.41, 5.74) is 4.76. The highest BCUT2D eigenvalue weighted by Crippen LogP contribution is 2.16. The van der Waals surface area contributed by atoms with Gasteiger partial charge in [-0.15, -0.1) is 11.3 Å². The van der Waals surface area contributed by atoms with Gasteiger partial charge in [0.05, 0.1) is 24.4 Å². The summed E-state index contributed by atoms with van der Waals surface area (Å²) in [6.07, 6.45) is 2.77. The highest BCUT2D eigenvalue weighted by atomic mass is 32.1. The number of aryl methyl sites for hydroxylation is 2. The van der Waals surface area contributed by atoms with Crippen LogP contribution in [0.4, 0.5) is 0 Å². The van der Waals surface area contributed by atoms with Crippen LogP contribution in [-0.4, -0.2) is 21.7 Å². The van der Waals surface area contributed by atoms with Crippen molar-refractivity contribution in [1.29, 1.82) is 0 Å². The van der Waals surface area contributed by atoms with E-state index in [1.165, 1.54) is 4.88 Å². The molecule has 0 aliphatic carbocycles. The standard InChI is InChI=1S/C15H20N2O2S/c1-3-4-13-7-12(9-18)8-15(17-13)19-6-5-14-11(2)16-10-20-14/h7-8,10,18H,3-6,9H2,1-2H3. The predicted octanol–water partition coefficient (Wildman–Crippen LogP) is 2.91. The first-order valence-electron chi connectivity index (χ1n) is 6.85. The molecule has 1 N–H and O–H groups in total. The molecule has 0 radical (unpaired) electrons. The third-order valence-corrected chi connectivity index (χ3v) is 4.02. The highest BCUT2D eigenvalue weighted by molar-refractivity contribution is 7.09. The molecule has 2 aromatic heterocycles. The maximum Gasteiger partial charge on any atom is 0.213 e. The van der Waals surface area contributed by atoms with Gasteiger partial charge in [-0.25, -0.2) is 9.97 Å². The maximum atomic E-state index is 9.28. The largest absolute Gasteiger partial charge is 0.477 e. The lowest BCUT2D eigenvalue weighted by atomic mass is 10.2. The number of hydrogen-bond acceptors (Lipinski definition) is 5. The molecule has 4 nitrogen and oxygen atoms in total. The Labute approximate surface area is 123 Å². The number of aliphatic hydroxyl groups is 1. The van der Waals surface area contributed by atoms with Gasteiger partial charge in [0.15, 0.2) is 0 Å². The van der Waals surface area contributed by atoms with Crippen LogP contribution in [0, 0.1) is 6.92 Å². The van der Waals surface area contributed by atoms with E-state index in [9.17, 15) is 5.11 Å². The number of aromatic nitrogens is 2. The van der Waals surface area contributed by atoms with Crippen LogP contribution in [0.5, 0.6) is 5.88 Å². The number of aliphatic hydroxyl groups excluding tert-OH is 1. The molecule has 20 heavy (non-hydrogen) atoms. The van der Waals surface area contributed by atoms with Gasteiger partial charge < -0.3 is 9.84 Å².